The molecule has 0 bridgehead atoms. The van der Waals surface area contributed by atoms with Crippen LogP contribution in [0.3, 0.4) is 0 Å². The van der Waals surface area contributed by atoms with Crippen LogP contribution in [0.2, 0.25) is 5.02 Å². The summed E-state index contributed by atoms with van der Waals surface area (Å²) in [5.74, 6) is 1.38. The maximum Gasteiger partial charge on any atom is 0.191 e. The number of hydrogen-bond donors (Lipinski definition) is 3. The molecular weight excluding hydrogens is 523 g/mol. The molecule has 1 aromatic carbocycles. The summed E-state index contributed by atoms with van der Waals surface area (Å²) in [5, 5.41) is 14.8. The zero-order valence-electron chi connectivity index (χ0n) is 18.8. The van der Waals surface area contributed by atoms with Gasteiger partial charge in [-0.1, -0.05) is 23.7 Å². The average Bonchev–Trinajstić information content (AvgIpc) is 3.14. The first-order valence-corrected chi connectivity index (χ1v) is 11.4. The van der Waals surface area contributed by atoms with Crippen LogP contribution in [0.15, 0.2) is 35.5 Å². The van der Waals surface area contributed by atoms with Crippen molar-refractivity contribution in [2.24, 2.45) is 10.9 Å². The molecule has 0 saturated carbocycles. The molecule has 8 heteroatoms. The fourth-order valence-electron chi connectivity index (χ4n) is 4.33. The van der Waals surface area contributed by atoms with Crippen LogP contribution in [0.5, 0.6) is 0 Å². The third-order valence-electron chi connectivity index (χ3n) is 5.88. The number of nitrogens with zero attached hydrogens (tertiary/aromatic N) is 3. The molecule has 0 spiro atoms. The maximum absolute atomic E-state index is 6.27. The lowest BCUT2D eigenvalue weighted by Crippen LogP contribution is -2.40. The predicted octanol–water partition coefficient (Wildman–Crippen LogP) is 4.56. The molecule has 2 aromatic rings. The van der Waals surface area contributed by atoms with E-state index in [9.17, 15) is 0 Å². The minimum atomic E-state index is 0. The van der Waals surface area contributed by atoms with Gasteiger partial charge in [0.15, 0.2) is 5.96 Å². The number of likely N-dealkylation sites (tertiary alicyclic amines) is 1. The van der Waals surface area contributed by atoms with Gasteiger partial charge in [-0.05, 0) is 82.3 Å². The molecule has 3 N–H and O–H groups in total. The summed E-state index contributed by atoms with van der Waals surface area (Å²) < 4.78 is 0. The molecular formula is C23H36ClIN6. The predicted molar refractivity (Wildman–Crippen MR) is 141 cm³/mol. The first kappa shape index (κ1) is 25.9. The Morgan fingerprint density at radius 2 is 2.19 bits per heavy atom. The number of aromatic nitrogens is 2. The number of aromatic amines is 1. The second kappa shape index (κ2) is 13.3. The van der Waals surface area contributed by atoms with E-state index in [-0.39, 0.29) is 24.0 Å². The van der Waals surface area contributed by atoms with Gasteiger partial charge in [0.25, 0.3) is 0 Å². The molecule has 3 rings (SSSR count). The van der Waals surface area contributed by atoms with Gasteiger partial charge >= 0.3 is 0 Å². The first-order valence-electron chi connectivity index (χ1n) is 11.0. The fraction of sp³-hybridized carbons (Fsp3) is 0.565. The summed E-state index contributed by atoms with van der Waals surface area (Å²) >= 11 is 6.27. The van der Waals surface area contributed by atoms with E-state index >= 15 is 0 Å². The van der Waals surface area contributed by atoms with E-state index in [0.29, 0.717) is 12.0 Å². The van der Waals surface area contributed by atoms with Crippen molar-refractivity contribution in [1.82, 2.24) is 25.7 Å². The maximum atomic E-state index is 6.27. The summed E-state index contributed by atoms with van der Waals surface area (Å²) in [4.78, 5) is 7.39. The molecule has 0 amide bonds. The summed E-state index contributed by atoms with van der Waals surface area (Å²) in [5.41, 5.74) is 3.73. The van der Waals surface area contributed by atoms with Crippen LogP contribution in [0.4, 0.5) is 0 Å². The second-order valence-electron chi connectivity index (χ2n) is 8.15. The van der Waals surface area contributed by atoms with Crippen LogP contribution < -0.4 is 10.6 Å². The topological polar surface area (TPSA) is 68.3 Å². The van der Waals surface area contributed by atoms with Gasteiger partial charge in [0.05, 0.1) is 6.20 Å². The SMILES string of the molecule is CCNC(=NCC1CCCN(C)C1c1cccc(Cl)c1)NCCCc1cn[nH]c1C.I. The Kier molecular flexibility index (Phi) is 11.1. The van der Waals surface area contributed by atoms with Gasteiger partial charge in [-0.3, -0.25) is 15.0 Å². The van der Waals surface area contributed by atoms with Crippen LogP contribution >= 0.6 is 35.6 Å². The fourth-order valence-corrected chi connectivity index (χ4v) is 4.53. The Bertz CT molecular complexity index is 824. The number of H-pyrrole nitrogens is 1. The van der Waals surface area contributed by atoms with Crippen molar-refractivity contribution in [3.8, 4) is 0 Å². The molecule has 2 heterocycles. The van der Waals surface area contributed by atoms with Gasteiger partial charge in [-0.15, -0.1) is 24.0 Å². The van der Waals surface area contributed by atoms with Crippen molar-refractivity contribution in [2.75, 3.05) is 33.2 Å². The highest BCUT2D eigenvalue weighted by molar-refractivity contribution is 14.0. The second-order valence-corrected chi connectivity index (χ2v) is 8.59. The van der Waals surface area contributed by atoms with E-state index < -0.39 is 0 Å². The van der Waals surface area contributed by atoms with Gasteiger partial charge < -0.3 is 10.6 Å². The van der Waals surface area contributed by atoms with Crippen molar-refractivity contribution in [3.63, 3.8) is 0 Å². The molecule has 1 fully saturated rings. The molecule has 2 atom stereocenters. The number of aryl methyl sites for hydroxylation is 2. The van der Waals surface area contributed by atoms with Crippen LogP contribution in [0.25, 0.3) is 0 Å². The van der Waals surface area contributed by atoms with Crippen molar-refractivity contribution in [1.29, 1.82) is 0 Å². The number of benzene rings is 1. The quantitative estimate of drug-likeness (QED) is 0.192. The molecule has 1 aliphatic rings. The molecule has 0 radical (unpaired) electrons. The minimum Gasteiger partial charge on any atom is -0.357 e. The zero-order valence-corrected chi connectivity index (χ0v) is 21.9. The number of hydrogen-bond acceptors (Lipinski definition) is 3. The van der Waals surface area contributed by atoms with Crippen molar-refractivity contribution >= 4 is 41.5 Å². The highest BCUT2D eigenvalue weighted by Crippen LogP contribution is 2.36. The summed E-state index contributed by atoms with van der Waals surface area (Å²) in [7, 11) is 2.21. The lowest BCUT2D eigenvalue weighted by molar-refractivity contribution is 0.125. The lowest BCUT2D eigenvalue weighted by atomic mass is 9.85. The number of piperidine rings is 1. The molecule has 2 unspecified atom stereocenters. The molecule has 0 aliphatic carbocycles. The van der Waals surface area contributed by atoms with E-state index in [1.807, 2.05) is 18.3 Å². The molecule has 1 aliphatic heterocycles. The van der Waals surface area contributed by atoms with Gasteiger partial charge in [0.1, 0.15) is 0 Å². The molecule has 1 saturated heterocycles. The zero-order chi connectivity index (χ0) is 21.3. The third kappa shape index (κ3) is 7.64. The van der Waals surface area contributed by atoms with Gasteiger partial charge in [-0.2, -0.15) is 5.10 Å². The van der Waals surface area contributed by atoms with Crippen LogP contribution in [0.1, 0.15) is 49.0 Å². The van der Waals surface area contributed by atoms with Crippen molar-refractivity contribution < 1.29 is 0 Å². The number of halogens is 2. The Hall–Kier alpha value is -1.32. The normalized spacial score (nSPS) is 19.7. The standard InChI is InChI=1S/C23H35ClN6.HI/c1-4-25-23(26-12-6-9-19-16-28-29-17(19)2)27-15-20-10-7-13-30(3)22(20)18-8-5-11-21(24)14-18;/h5,8,11,14,16,20,22H,4,6-7,9-10,12-13,15H2,1-3H3,(H,28,29)(H2,25,26,27);1H. The van der Waals surface area contributed by atoms with Gasteiger partial charge in [0.2, 0.25) is 0 Å². The Morgan fingerprint density at radius 1 is 1.35 bits per heavy atom. The van der Waals surface area contributed by atoms with Crippen molar-refractivity contribution in [3.05, 3.63) is 52.3 Å². The van der Waals surface area contributed by atoms with E-state index in [1.165, 1.54) is 24.0 Å². The minimum absolute atomic E-state index is 0. The van der Waals surface area contributed by atoms with Crippen molar-refractivity contribution in [2.45, 2.75) is 45.6 Å². The summed E-state index contributed by atoms with van der Waals surface area (Å²) in [6.45, 7) is 7.84. The Morgan fingerprint density at radius 3 is 2.90 bits per heavy atom. The largest absolute Gasteiger partial charge is 0.357 e. The smallest absolute Gasteiger partial charge is 0.191 e. The molecule has 6 nitrogen and oxygen atoms in total. The number of aliphatic imine (C=N–C) groups is 1. The van der Waals surface area contributed by atoms with Crippen LogP contribution in [-0.2, 0) is 6.42 Å². The average molecular weight is 559 g/mol. The molecule has 1 aromatic heterocycles. The number of nitrogens with one attached hydrogen (secondary N) is 3. The van der Waals surface area contributed by atoms with E-state index in [1.54, 1.807) is 0 Å². The Balaban J connectivity index is 0.00000341. The van der Waals surface area contributed by atoms with Crippen LogP contribution in [0, 0.1) is 12.8 Å². The summed E-state index contributed by atoms with van der Waals surface area (Å²) in [6, 6.07) is 8.64. The van der Waals surface area contributed by atoms with Gasteiger partial charge in [0, 0.05) is 36.4 Å². The van der Waals surface area contributed by atoms with E-state index in [0.717, 1.165) is 55.7 Å². The molecule has 31 heavy (non-hydrogen) atoms. The monoisotopic (exact) mass is 558 g/mol. The molecule has 172 valence electrons. The summed E-state index contributed by atoms with van der Waals surface area (Å²) in [6.07, 6.45) is 6.37. The number of rotatable bonds is 8. The highest BCUT2D eigenvalue weighted by atomic mass is 127. The number of guanidine groups is 1. The van der Waals surface area contributed by atoms with E-state index in [4.69, 9.17) is 16.6 Å². The Labute approximate surface area is 208 Å². The first-order chi connectivity index (χ1) is 14.6. The van der Waals surface area contributed by atoms with Gasteiger partial charge in [-0.25, -0.2) is 0 Å². The van der Waals surface area contributed by atoms with Crippen LogP contribution in [-0.4, -0.2) is 54.3 Å². The van der Waals surface area contributed by atoms with E-state index in [2.05, 4.69) is 58.8 Å². The highest BCUT2D eigenvalue weighted by Gasteiger charge is 2.30. The lowest BCUT2D eigenvalue weighted by Gasteiger charge is -2.39. The third-order valence-corrected chi connectivity index (χ3v) is 6.11.